The first-order valence-corrected chi connectivity index (χ1v) is 5.94. The third kappa shape index (κ3) is 2.15. The lowest BCUT2D eigenvalue weighted by Crippen LogP contribution is -2.17. The molecule has 0 radical (unpaired) electrons. The highest BCUT2D eigenvalue weighted by Gasteiger charge is 2.21. The third-order valence-electron chi connectivity index (χ3n) is 2.45. The van der Waals surface area contributed by atoms with Gasteiger partial charge in [0, 0.05) is 11.6 Å². The molecule has 0 spiro atoms. The molecule has 0 aromatic heterocycles. The summed E-state index contributed by atoms with van der Waals surface area (Å²) < 4.78 is 25.2. The zero-order chi connectivity index (χ0) is 11.5. The predicted molar refractivity (Wildman–Crippen MR) is 62.7 cm³/mol. The Morgan fingerprint density at radius 1 is 1.44 bits per heavy atom. The number of hydrogen-bond donors (Lipinski definition) is 1. The molecule has 1 aromatic rings. The Morgan fingerprint density at radius 2 is 2.19 bits per heavy atom. The zero-order valence-electron chi connectivity index (χ0n) is 8.98. The van der Waals surface area contributed by atoms with Crippen molar-refractivity contribution in [3.05, 3.63) is 21.9 Å². The van der Waals surface area contributed by atoms with Crippen molar-refractivity contribution in [2.45, 2.75) is 6.42 Å². The van der Waals surface area contributed by atoms with E-state index < -0.39 is 0 Å². The Bertz CT molecular complexity index is 398. The van der Waals surface area contributed by atoms with E-state index in [1.165, 1.54) is 6.07 Å². The maximum Gasteiger partial charge on any atom is 0.176 e. The van der Waals surface area contributed by atoms with Crippen molar-refractivity contribution >= 4 is 15.9 Å². The van der Waals surface area contributed by atoms with E-state index in [1.54, 1.807) is 0 Å². The average Bonchev–Trinajstić information content (AvgIpc) is 2.29. The third-order valence-corrected chi connectivity index (χ3v) is 3.29. The fourth-order valence-electron chi connectivity index (χ4n) is 1.63. The van der Waals surface area contributed by atoms with Crippen LogP contribution in [0.25, 0.3) is 0 Å². The molecule has 88 valence electrons. The molecule has 0 saturated heterocycles. The highest BCUT2D eigenvalue weighted by molar-refractivity contribution is 9.10. The van der Waals surface area contributed by atoms with Crippen LogP contribution in [0.3, 0.4) is 0 Å². The molecule has 0 fully saturated rings. The zero-order valence-corrected chi connectivity index (χ0v) is 10.6. The number of nitrogens with one attached hydrogen (secondary N) is 1. The smallest absolute Gasteiger partial charge is 0.176 e. The van der Waals surface area contributed by atoms with Gasteiger partial charge in [0.1, 0.15) is 19.0 Å². The molecule has 0 atom stereocenters. The second-order valence-corrected chi connectivity index (χ2v) is 4.32. The maximum absolute atomic E-state index is 13.8. The maximum atomic E-state index is 13.8. The number of benzene rings is 1. The van der Waals surface area contributed by atoms with Gasteiger partial charge in [-0.25, -0.2) is 4.39 Å². The van der Waals surface area contributed by atoms with Gasteiger partial charge >= 0.3 is 0 Å². The molecule has 5 heteroatoms. The topological polar surface area (TPSA) is 30.5 Å². The minimum absolute atomic E-state index is 0.258. The van der Waals surface area contributed by atoms with E-state index in [9.17, 15) is 4.39 Å². The summed E-state index contributed by atoms with van der Waals surface area (Å²) in [6.45, 7) is 1.69. The van der Waals surface area contributed by atoms with E-state index in [1.807, 2.05) is 7.05 Å². The first-order valence-electron chi connectivity index (χ1n) is 5.15. The Hall–Kier alpha value is -0.810. The second-order valence-electron chi connectivity index (χ2n) is 3.53. The van der Waals surface area contributed by atoms with Gasteiger partial charge < -0.3 is 14.8 Å². The van der Waals surface area contributed by atoms with Gasteiger partial charge in [-0.1, -0.05) is 0 Å². The minimum atomic E-state index is -0.258. The molecule has 0 unspecified atom stereocenters. The highest BCUT2D eigenvalue weighted by Crippen LogP contribution is 2.41. The van der Waals surface area contributed by atoms with Gasteiger partial charge in [-0.05, 0) is 35.9 Å². The predicted octanol–water partition coefficient (Wildman–Crippen LogP) is 2.12. The van der Waals surface area contributed by atoms with E-state index in [0.29, 0.717) is 41.2 Å². The van der Waals surface area contributed by atoms with Gasteiger partial charge in [-0.3, -0.25) is 0 Å². The molecule has 0 bridgehead atoms. The number of hydrogen-bond acceptors (Lipinski definition) is 3. The lowest BCUT2D eigenvalue weighted by Gasteiger charge is -2.21. The molecule has 2 rings (SSSR count). The van der Waals surface area contributed by atoms with Gasteiger partial charge in [0.25, 0.3) is 0 Å². The number of rotatable bonds is 3. The molecule has 3 nitrogen and oxygen atoms in total. The number of halogens is 2. The van der Waals surface area contributed by atoms with Crippen LogP contribution in [-0.2, 0) is 6.42 Å². The van der Waals surface area contributed by atoms with Crippen LogP contribution in [0.2, 0.25) is 0 Å². The van der Waals surface area contributed by atoms with Gasteiger partial charge in [0.2, 0.25) is 0 Å². The van der Waals surface area contributed by atoms with E-state index in [-0.39, 0.29) is 5.82 Å². The van der Waals surface area contributed by atoms with E-state index in [4.69, 9.17) is 9.47 Å². The Labute approximate surface area is 102 Å². The van der Waals surface area contributed by atoms with Crippen LogP contribution in [0.5, 0.6) is 11.5 Å². The Morgan fingerprint density at radius 3 is 2.94 bits per heavy atom. The summed E-state index contributed by atoms with van der Waals surface area (Å²) in [6, 6.07) is 1.39. The van der Waals surface area contributed by atoms with Crippen LogP contribution in [-0.4, -0.2) is 26.8 Å². The summed E-state index contributed by atoms with van der Waals surface area (Å²) in [4.78, 5) is 0. The number of ether oxygens (including phenoxy) is 2. The average molecular weight is 290 g/mol. The summed E-state index contributed by atoms with van der Waals surface area (Å²) in [5.74, 6) is 0.828. The monoisotopic (exact) mass is 289 g/mol. The summed E-state index contributed by atoms with van der Waals surface area (Å²) in [5, 5.41) is 2.99. The van der Waals surface area contributed by atoms with Crippen LogP contribution in [0.1, 0.15) is 5.56 Å². The summed E-state index contributed by atoms with van der Waals surface area (Å²) in [6.07, 6.45) is 0.611. The van der Waals surface area contributed by atoms with Crippen molar-refractivity contribution in [2.24, 2.45) is 0 Å². The van der Waals surface area contributed by atoms with Crippen molar-refractivity contribution in [3.63, 3.8) is 0 Å². The number of fused-ring (bicyclic) bond motifs is 1. The fraction of sp³-hybridized carbons (Fsp3) is 0.455. The molecule has 0 aliphatic carbocycles. The fourth-order valence-corrected chi connectivity index (χ4v) is 2.33. The van der Waals surface area contributed by atoms with Crippen LogP contribution in [0, 0.1) is 5.82 Å². The normalized spacial score (nSPS) is 13.9. The summed E-state index contributed by atoms with van der Waals surface area (Å²) >= 11 is 3.38. The lowest BCUT2D eigenvalue weighted by molar-refractivity contribution is 0.169. The molecular weight excluding hydrogens is 277 g/mol. The number of likely N-dealkylation sites (N-methyl/N-ethyl adjacent to an activating group) is 1. The first-order chi connectivity index (χ1) is 7.74. The molecule has 1 aliphatic heterocycles. The van der Waals surface area contributed by atoms with Crippen LogP contribution >= 0.6 is 15.9 Å². The van der Waals surface area contributed by atoms with E-state index >= 15 is 0 Å². The summed E-state index contributed by atoms with van der Waals surface area (Å²) in [7, 11) is 1.84. The Balaban J connectivity index is 2.37. The Kier molecular flexibility index (Phi) is 3.66. The first kappa shape index (κ1) is 11.7. The molecule has 1 aliphatic rings. The quantitative estimate of drug-likeness (QED) is 0.925. The van der Waals surface area contributed by atoms with Crippen LogP contribution < -0.4 is 14.8 Å². The van der Waals surface area contributed by atoms with Crippen molar-refractivity contribution in [2.75, 3.05) is 26.8 Å². The van der Waals surface area contributed by atoms with Crippen molar-refractivity contribution in [1.29, 1.82) is 0 Å². The van der Waals surface area contributed by atoms with Gasteiger partial charge in [0.05, 0.1) is 4.47 Å². The molecule has 1 N–H and O–H groups in total. The largest absolute Gasteiger partial charge is 0.486 e. The molecule has 16 heavy (non-hydrogen) atoms. The van der Waals surface area contributed by atoms with Crippen molar-refractivity contribution < 1.29 is 13.9 Å². The van der Waals surface area contributed by atoms with Gasteiger partial charge in [-0.2, -0.15) is 0 Å². The molecular formula is C11H13BrFNO2. The van der Waals surface area contributed by atoms with Crippen LogP contribution in [0.4, 0.5) is 4.39 Å². The van der Waals surface area contributed by atoms with E-state index in [0.717, 1.165) is 6.54 Å². The molecule has 0 saturated carbocycles. The summed E-state index contributed by atoms with van der Waals surface area (Å²) in [5.41, 5.74) is 0.624. The highest BCUT2D eigenvalue weighted by atomic mass is 79.9. The van der Waals surface area contributed by atoms with Gasteiger partial charge in [0.15, 0.2) is 11.5 Å². The minimum Gasteiger partial charge on any atom is -0.486 e. The molecule has 1 aromatic carbocycles. The van der Waals surface area contributed by atoms with Crippen molar-refractivity contribution in [1.82, 2.24) is 5.32 Å². The standard InChI is InChI=1S/C11H13BrFNO2/c1-14-3-2-7-8(13)6-9-11(10(7)12)16-5-4-15-9/h6,14H,2-5H2,1H3. The lowest BCUT2D eigenvalue weighted by atomic mass is 10.1. The van der Waals surface area contributed by atoms with Gasteiger partial charge in [-0.15, -0.1) is 0 Å². The second kappa shape index (κ2) is 5.01. The molecule has 1 heterocycles. The van der Waals surface area contributed by atoms with Crippen molar-refractivity contribution in [3.8, 4) is 11.5 Å². The SMILES string of the molecule is CNCCc1c(F)cc2c(c1Br)OCCO2. The molecule has 0 amide bonds. The van der Waals surface area contributed by atoms with E-state index in [2.05, 4.69) is 21.2 Å². The van der Waals surface area contributed by atoms with Crippen LogP contribution in [0.15, 0.2) is 10.5 Å².